The molecule has 0 aliphatic carbocycles. The summed E-state index contributed by atoms with van der Waals surface area (Å²) in [6, 6.07) is 0. The number of hydrogen-bond donors (Lipinski definition) is 8. The first-order valence-corrected chi connectivity index (χ1v) is 7.08. The molecule has 2 rings (SSSR count). The molecule has 136 valence electrons. The second kappa shape index (κ2) is 7.63. The fourth-order valence-corrected chi connectivity index (χ4v) is 2.57. The van der Waals surface area contributed by atoms with Gasteiger partial charge in [0.2, 0.25) is 0 Å². The normalized spacial score (nSPS) is 51.7. The quantitative estimate of drug-likeness (QED) is 0.243. The molecule has 23 heavy (non-hydrogen) atoms. The molecule has 0 radical (unpaired) electrons. The maximum atomic E-state index is 9.94. The van der Waals surface area contributed by atoms with Crippen LogP contribution >= 0.6 is 0 Å². The van der Waals surface area contributed by atoms with Gasteiger partial charge in [-0.25, -0.2) is 0 Å². The molecule has 8 N–H and O–H groups in total. The van der Waals surface area contributed by atoms with Crippen LogP contribution in [-0.4, -0.2) is 115 Å². The Morgan fingerprint density at radius 2 is 1.26 bits per heavy atom. The first-order chi connectivity index (χ1) is 10.8. The highest BCUT2D eigenvalue weighted by Gasteiger charge is 2.50. The van der Waals surface area contributed by atoms with E-state index in [1.807, 2.05) is 0 Å². The largest absolute Gasteiger partial charge is 0.394 e. The molecule has 0 aromatic rings. The molecule has 2 aliphatic heterocycles. The number of rotatable bonds is 4. The molecule has 2 fully saturated rings. The van der Waals surface area contributed by atoms with E-state index in [4.69, 9.17) is 19.3 Å². The smallest absolute Gasteiger partial charge is 0.187 e. The zero-order valence-electron chi connectivity index (χ0n) is 12.0. The molecular formula is C12H22O11. The summed E-state index contributed by atoms with van der Waals surface area (Å²) in [5.41, 5.74) is 0. The van der Waals surface area contributed by atoms with Gasteiger partial charge in [0.25, 0.3) is 0 Å². The van der Waals surface area contributed by atoms with Gasteiger partial charge in [0.15, 0.2) is 12.6 Å². The van der Waals surface area contributed by atoms with Crippen molar-refractivity contribution in [2.75, 3.05) is 13.2 Å². The van der Waals surface area contributed by atoms with E-state index in [0.29, 0.717) is 0 Å². The highest BCUT2D eigenvalue weighted by molar-refractivity contribution is 4.93. The monoisotopic (exact) mass is 342 g/mol. The lowest BCUT2D eigenvalue weighted by Gasteiger charge is -2.45. The van der Waals surface area contributed by atoms with E-state index in [0.717, 1.165) is 0 Å². The van der Waals surface area contributed by atoms with Crippen molar-refractivity contribution in [3.8, 4) is 0 Å². The van der Waals surface area contributed by atoms with Crippen LogP contribution in [0.5, 0.6) is 0 Å². The van der Waals surface area contributed by atoms with Crippen LogP contribution < -0.4 is 0 Å². The van der Waals surface area contributed by atoms with Gasteiger partial charge in [0.05, 0.1) is 13.2 Å². The van der Waals surface area contributed by atoms with Crippen molar-refractivity contribution in [2.24, 2.45) is 0 Å². The highest BCUT2D eigenvalue weighted by atomic mass is 16.7. The molecule has 11 nitrogen and oxygen atoms in total. The molecule has 10 atom stereocenters. The van der Waals surface area contributed by atoms with Gasteiger partial charge in [-0.1, -0.05) is 0 Å². The van der Waals surface area contributed by atoms with Gasteiger partial charge < -0.3 is 55.1 Å². The van der Waals surface area contributed by atoms with Gasteiger partial charge in [0, 0.05) is 0 Å². The molecule has 0 amide bonds. The predicted molar refractivity (Wildman–Crippen MR) is 68.6 cm³/mol. The van der Waals surface area contributed by atoms with Gasteiger partial charge in [-0.15, -0.1) is 0 Å². The minimum Gasteiger partial charge on any atom is -0.394 e. The van der Waals surface area contributed by atoms with Gasteiger partial charge in [-0.3, -0.25) is 0 Å². The lowest BCUT2D eigenvalue weighted by Crippen LogP contribution is -2.64. The van der Waals surface area contributed by atoms with Crippen LogP contribution in [0.1, 0.15) is 0 Å². The summed E-state index contributed by atoms with van der Waals surface area (Å²) in [6.07, 6.45) is -15.6. The average molecular weight is 342 g/mol. The summed E-state index contributed by atoms with van der Waals surface area (Å²) in [5.74, 6) is 0. The average Bonchev–Trinajstić information content (AvgIpc) is 2.55. The second-order valence-electron chi connectivity index (χ2n) is 5.53. The van der Waals surface area contributed by atoms with Crippen molar-refractivity contribution in [2.45, 2.75) is 61.4 Å². The van der Waals surface area contributed by atoms with Gasteiger partial charge >= 0.3 is 0 Å². The van der Waals surface area contributed by atoms with Crippen LogP contribution in [0.2, 0.25) is 0 Å². The molecule has 2 saturated heterocycles. The fourth-order valence-electron chi connectivity index (χ4n) is 2.57. The van der Waals surface area contributed by atoms with Crippen molar-refractivity contribution in [1.29, 1.82) is 0 Å². The SMILES string of the molecule is OC[C@@H]1O[C@@H](O[C@H]2[C@H](O)[C@@H](O)[C@H](O)O[C@H]2CO)[C@@H](O)[C@@H](O)[C@@H]1O. The zero-order valence-corrected chi connectivity index (χ0v) is 12.0. The number of ether oxygens (including phenoxy) is 3. The second-order valence-corrected chi connectivity index (χ2v) is 5.53. The van der Waals surface area contributed by atoms with E-state index in [1.165, 1.54) is 0 Å². The van der Waals surface area contributed by atoms with Crippen LogP contribution in [0, 0.1) is 0 Å². The number of aliphatic hydroxyl groups excluding tert-OH is 8. The van der Waals surface area contributed by atoms with Crippen LogP contribution in [0.3, 0.4) is 0 Å². The molecule has 0 bridgehead atoms. The van der Waals surface area contributed by atoms with Crippen LogP contribution in [-0.2, 0) is 14.2 Å². The van der Waals surface area contributed by atoms with Gasteiger partial charge in [0.1, 0.15) is 48.8 Å². The molecule has 0 spiro atoms. The Labute approximate surface area is 130 Å². The third kappa shape index (κ3) is 3.65. The maximum absolute atomic E-state index is 9.94. The Kier molecular flexibility index (Phi) is 6.27. The van der Waals surface area contributed by atoms with E-state index in [9.17, 15) is 35.7 Å². The molecular weight excluding hydrogens is 320 g/mol. The minimum atomic E-state index is -1.74. The summed E-state index contributed by atoms with van der Waals surface area (Å²) in [4.78, 5) is 0. The van der Waals surface area contributed by atoms with Gasteiger partial charge in [-0.2, -0.15) is 0 Å². The summed E-state index contributed by atoms with van der Waals surface area (Å²) < 4.78 is 15.3. The Bertz CT molecular complexity index is 378. The lowest BCUT2D eigenvalue weighted by molar-refractivity contribution is -0.355. The van der Waals surface area contributed by atoms with E-state index in [1.54, 1.807) is 0 Å². The van der Waals surface area contributed by atoms with E-state index in [-0.39, 0.29) is 0 Å². The molecule has 0 saturated carbocycles. The summed E-state index contributed by atoms with van der Waals surface area (Å²) in [5, 5.41) is 76.5. The summed E-state index contributed by atoms with van der Waals surface area (Å²) in [6.45, 7) is -1.35. The van der Waals surface area contributed by atoms with Crippen molar-refractivity contribution in [3.63, 3.8) is 0 Å². The molecule has 2 heterocycles. The van der Waals surface area contributed by atoms with E-state index in [2.05, 4.69) is 0 Å². The fraction of sp³-hybridized carbons (Fsp3) is 1.00. The minimum absolute atomic E-state index is 0.667. The predicted octanol–water partition coefficient (Wildman–Crippen LogP) is -5.40. The van der Waals surface area contributed by atoms with Crippen LogP contribution in [0.25, 0.3) is 0 Å². The maximum Gasteiger partial charge on any atom is 0.187 e. The van der Waals surface area contributed by atoms with E-state index >= 15 is 0 Å². The molecule has 2 aliphatic rings. The summed E-state index contributed by atoms with van der Waals surface area (Å²) >= 11 is 0. The first-order valence-electron chi connectivity index (χ1n) is 7.08. The lowest BCUT2D eigenvalue weighted by atomic mass is 9.97. The van der Waals surface area contributed by atoms with Crippen molar-refractivity contribution in [3.05, 3.63) is 0 Å². The highest BCUT2D eigenvalue weighted by Crippen LogP contribution is 2.28. The first kappa shape index (κ1) is 18.9. The summed E-state index contributed by atoms with van der Waals surface area (Å²) in [7, 11) is 0. The van der Waals surface area contributed by atoms with Crippen LogP contribution in [0.15, 0.2) is 0 Å². The topological polar surface area (TPSA) is 190 Å². The molecule has 0 aromatic heterocycles. The van der Waals surface area contributed by atoms with Crippen molar-refractivity contribution in [1.82, 2.24) is 0 Å². The Balaban J connectivity index is 2.11. The molecule has 0 unspecified atom stereocenters. The Hall–Kier alpha value is -0.440. The van der Waals surface area contributed by atoms with Crippen molar-refractivity contribution < 1.29 is 55.1 Å². The molecule has 11 heteroatoms. The third-order valence-corrected chi connectivity index (χ3v) is 3.98. The van der Waals surface area contributed by atoms with Gasteiger partial charge in [-0.05, 0) is 0 Å². The number of aliphatic hydroxyl groups is 8. The standard InChI is InChI=1S/C12H22O11/c13-1-3-5(15)6(16)9(19)12(22-3)23-10-4(2-14)21-11(20)8(18)7(10)17/h3-20H,1-2H2/t3-,4-,5+,6-,7+,8+,9-,10+,11+,12-/m0/s1. The Morgan fingerprint density at radius 3 is 1.83 bits per heavy atom. The van der Waals surface area contributed by atoms with E-state index < -0.39 is 74.6 Å². The third-order valence-electron chi connectivity index (χ3n) is 3.98. The Morgan fingerprint density at radius 1 is 0.652 bits per heavy atom. The molecule has 0 aromatic carbocycles. The van der Waals surface area contributed by atoms with Crippen molar-refractivity contribution >= 4 is 0 Å². The number of hydrogen-bond acceptors (Lipinski definition) is 11. The zero-order chi connectivity index (χ0) is 17.3. The van der Waals surface area contributed by atoms with Crippen LogP contribution in [0.4, 0.5) is 0 Å².